The highest BCUT2D eigenvalue weighted by molar-refractivity contribution is 6.06. The van der Waals surface area contributed by atoms with Crippen LogP contribution in [0.25, 0.3) is 0 Å². The smallest absolute Gasteiger partial charge is 0.259 e. The lowest BCUT2D eigenvalue weighted by Gasteiger charge is -2.59. The fourth-order valence-electron chi connectivity index (χ4n) is 4.42. The fourth-order valence-corrected chi connectivity index (χ4v) is 4.42. The van der Waals surface area contributed by atoms with Gasteiger partial charge in [0.2, 0.25) is 0 Å². The first kappa shape index (κ1) is 19.0. The number of carbonyl (C=O) groups excluding carboxylic acids is 1. The second-order valence-electron chi connectivity index (χ2n) is 7.40. The van der Waals surface area contributed by atoms with Gasteiger partial charge in [0, 0.05) is 32.4 Å². The Balaban J connectivity index is 1.50. The van der Waals surface area contributed by atoms with E-state index in [-0.39, 0.29) is 5.91 Å². The summed E-state index contributed by atoms with van der Waals surface area (Å²) in [5.74, 6) is -2.27. The Morgan fingerprint density at radius 1 is 1.07 bits per heavy atom. The molecule has 2 heterocycles. The minimum Gasteiger partial charge on any atom is -0.369 e. The summed E-state index contributed by atoms with van der Waals surface area (Å²) < 4.78 is 45.7. The summed E-state index contributed by atoms with van der Waals surface area (Å²) in [4.78, 5) is 16.4. The van der Waals surface area contributed by atoms with Crippen molar-refractivity contribution in [2.24, 2.45) is 0 Å². The van der Waals surface area contributed by atoms with Crippen LogP contribution in [0.5, 0.6) is 0 Å². The molecule has 1 atom stereocenters. The van der Waals surface area contributed by atoms with Crippen LogP contribution in [-0.2, 0) is 16.1 Å². The van der Waals surface area contributed by atoms with Gasteiger partial charge >= 0.3 is 0 Å². The van der Waals surface area contributed by atoms with Crippen LogP contribution in [0, 0.1) is 17.5 Å². The molecule has 148 valence electrons. The van der Waals surface area contributed by atoms with E-state index in [1.165, 1.54) is 25.3 Å². The minimum absolute atomic E-state index is 0.165. The van der Waals surface area contributed by atoms with E-state index in [0.717, 1.165) is 6.07 Å². The third-order valence-corrected chi connectivity index (χ3v) is 5.79. The van der Waals surface area contributed by atoms with Crippen molar-refractivity contribution in [1.29, 1.82) is 0 Å². The highest BCUT2D eigenvalue weighted by Crippen LogP contribution is 2.45. The lowest BCUT2D eigenvalue weighted by molar-refractivity contribution is -0.151. The van der Waals surface area contributed by atoms with E-state index in [1.807, 2.05) is 0 Å². The molecule has 1 spiro atoms. The topological polar surface area (TPSA) is 32.8 Å². The summed E-state index contributed by atoms with van der Waals surface area (Å²) in [6, 6.07) is 9.94. The standard InChI is InChI=1S/C21H21F3N2O2/c1-28-19-20(27)26(16-4-2-3-15(22)12-16)21(19)7-9-25(10-8-21)13-14-5-6-17(23)18(24)11-14/h2-6,11-12,19H,7-10,13H2,1H3. The van der Waals surface area contributed by atoms with Gasteiger partial charge in [-0.1, -0.05) is 12.1 Å². The van der Waals surface area contributed by atoms with Gasteiger partial charge in [0.05, 0.1) is 5.54 Å². The summed E-state index contributed by atoms with van der Waals surface area (Å²) in [7, 11) is 1.51. The zero-order chi connectivity index (χ0) is 19.9. The van der Waals surface area contributed by atoms with Crippen molar-refractivity contribution in [2.75, 3.05) is 25.1 Å². The third kappa shape index (κ3) is 3.08. The van der Waals surface area contributed by atoms with Crippen LogP contribution >= 0.6 is 0 Å². The van der Waals surface area contributed by atoms with Gasteiger partial charge in [-0.3, -0.25) is 9.69 Å². The molecule has 1 unspecified atom stereocenters. The Labute approximate surface area is 161 Å². The van der Waals surface area contributed by atoms with Crippen LogP contribution in [0.4, 0.5) is 18.9 Å². The number of rotatable bonds is 4. The molecule has 0 aliphatic carbocycles. The van der Waals surface area contributed by atoms with E-state index in [2.05, 4.69) is 4.90 Å². The second kappa shape index (κ2) is 7.22. The van der Waals surface area contributed by atoms with Gasteiger partial charge in [-0.05, 0) is 48.7 Å². The first-order valence-corrected chi connectivity index (χ1v) is 9.23. The molecular weight excluding hydrogens is 369 g/mol. The average molecular weight is 390 g/mol. The van der Waals surface area contributed by atoms with Gasteiger partial charge in [-0.25, -0.2) is 13.2 Å². The molecule has 2 aliphatic rings. The Hall–Kier alpha value is -2.38. The van der Waals surface area contributed by atoms with Gasteiger partial charge in [0.1, 0.15) is 5.82 Å². The van der Waals surface area contributed by atoms with E-state index >= 15 is 0 Å². The number of ether oxygens (including phenoxy) is 1. The molecule has 28 heavy (non-hydrogen) atoms. The van der Waals surface area contributed by atoms with Crippen molar-refractivity contribution in [3.63, 3.8) is 0 Å². The van der Waals surface area contributed by atoms with Gasteiger partial charge in [0.15, 0.2) is 17.7 Å². The maximum atomic E-state index is 13.7. The Morgan fingerprint density at radius 3 is 2.46 bits per heavy atom. The number of benzene rings is 2. The number of halogens is 3. The Morgan fingerprint density at radius 2 is 1.82 bits per heavy atom. The van der Waals surface area contributed by atoms with E-state index in [0.29, 0.717) is 43.7 Å². The first-order valence-electron chi connectivity index (χ1n) is 9.23. The number of hydrogen-bond donors (Lipinski definition) is 0. The number of likely N-dealkylation sites (tertiary alicyclic amines) is 1. The number of piperidine rings is 1. The average Bonchev–Trinajstić information content (AvgIpc) is 2.67. The Kier molecular flexibility index (Phi) is 4.89. The van der Waals surface area contributed by atoms with E-state index in [4.69, 9.17) is 4.74 Å². The quantitative estimate of drug-likeness (QED) is 0.750. The molecule has 2 aromatic rings. The molecule has 1 amide bonds. The fraction of sp³-hybridized carbons (Fsp3) is 0.381. The number of hydrogen-bond acceptors (Lipinski definition) is 3. The van der Waals surface area contributed by atoms with Crippen molar-refractivity contribution < 1.29 is 22.7 Å². The zero-order valence-electron chi connectivity index (χ0n) is 15.5. The van der Waals surface area contributed by atoms with Crippen molar-refractivity contribution in [2.45, 2.75) is 31.0 Å². The summed E-state index contributed by atoms with van der Waals surface area (Å²) in [6.45, 7) is 1.83. The SMILES string of the molecule is COC1C(=O)N(c2cccc(F)c2)C12CCN(Cc1ccc(F)c(F)c1)CC2. The molecule has 4 rings (SSSR count). The minimum atomic E-state index is -0.858. The largest absolute Gasteiger partial charge is 0.369 e. The van der Waals surface area contributed by atoms with Crippen molar-refractivity contribution in [3.05, 3.63) is 65.5 Å². The number of anilines is 1. The second-order valence-corrected chi connectivity index (χ2v) is 7.40. The maximum Gasteiger partial charge on any atom is 0.259 e. The summed E-state index contributed by atoms with van der Waals surface area (Å²) >= 11 is 0. The monoisotopic (exact) mass is 390 g/mol. The van der Waals surface area contributed by atoms with Crippen LogP contribution < -0.4 is 4.90 Å². The summed E-state index contributed by atoms with van der Waals surface area (Å²) in [5.41, 5.74) is 0.724. The molecule has 2 aromatic carbocycles. The molecular formula is C21H21F3N2O2. The van der Waals surface area contributed by atoms with Crippen molar-refractivity contribution in [3.8, 4) is 0 Å². The Bertz CT molecular complexity index is 897. The zero-order valence-corrected chi connectivity index (χ0v) is 15.5. The summed E-state index contributed by atoms with van der Waals surface area (Å²) in [6.07, 6.45) is 0.746. The highest BCUT2D eigenvalue weighted by Gasteiger charge is 2.61. The van der Waals surface area contributed by atoms with E-state index in [1.54, 1.807) is 23.1 Å². The van der Waals surface area contributed by atoms with Crippen LogP contribution in [0.1, 0.15) is 18.4 Å². The molecule has 2 aliphatic heterocycles. The third-order valence-electron chi connectivity index (χ3n) is 5.79. The van der Waals surface area contributed by atoms with E-state index in [9.17, 15) is 18.0 Å². The first-order chi connectivity index (χ1) is 13.4. The lowest BCUT2D eigenvalue weighted by atomic mass is 9.72. The maximum absolute atomic E-state index is 13.7. The lowest BCUT2D eigenvalue weighted by Crippen LogP contribution is -2.77. The number of amides is 1. The van der Waals surface area contributed by atoms with Gasteiger partial charge < -0.3 is 9.64 Å². The number of methoxy groups -OCH3 is 1. The molecule has 0 saturated carbocycles. The molecule has 0 bridgehead atoms. The number of carbonyl (C=O) groups is 1. The predicted octanol–water partition coefficient (Wildman–Crippen LogP) is 3.50. The van der Waals surface area contributed by atoms with Crippen LogP contribution in [0.2, 0.25) is 0 Å². The van der Waals surface area contributed by atoms with Crippen LogP contribution in [0.15, 0.2) is 42.5 Å². The van der Waals surface area contributed by atoms with Gasteiger partial charge in [-0.2, -0.15) is 0 Å². The predicted molar refractivity (Wildman–Crippen MR) is 98.3 cm³/mol. The van der Waals surface area contributed by atoms with E-state index < -0.39 is 29.1 Å². The van der Waals surface area contributed by atoms with Gasteiger partial charge in [0.25, 0.3) is 5.91 Å². The molecule has 0 radical (unpaired) electrons. The number of nitrogens with zero attached hydrogens (tertiary/aromatic N) is 2. The molecule has 0 aromatic heterocycles. The normalized spacial score (nSPS) is 21.8. The molecule has 2 saturated heterocycles. The number of β-lactam (4-membered cyclic amide) rings is 1. The van der Waals surface area contributed by atoms with Crippen molar-refractivity contribution in [1.82, 2.24) is 4.90 Å². The molecule has 0 N–H and O–H groups in total. The van der Waals surface area contributed by atoms with Crippen LogP contribution in [0.3, 0.4) is 0 Å². The summed E-state index contributed by atoms with van der Waals surface area (Å²) in [5, 5.41) is 0. The van der Waals surface area contributed by atoms with Crippen LogP contribution in [-0.4, -0.2) is 42.6 Å². The molecule has 4 nitrogen and oxygen atoms in total. The van der Waals surface area contributed by atoms with Crippen molar-refractivity contribution >= 4 is 11.6 Å². The highest BCUT2D eigenvalue weighted by atomic mass is 19.2. The molecule has 7 heteroatoms. The molecule has 2 fully saturated rings. The van der Waals surface area contributed by atoms with Gasteiger partial charge in [-0.15, -0.1) is 0 Å².